The average Bonchev–Trinajstić information content (AvgIpc) is 2.82. The molecule has 0 bridgehead atoms. The molecule has 0 aliphatic rings. The van der Waals surface area contributed by atoms with Crippen molar-refractivity contribution in [1.29, 1.82) is 0 Å². The van der Waals surface area contributed by atoms with Gasteiger partial charge in [0.15, 0.2) is 0 Å². The Balaban J connectivity index is 2.09. The Kier molecular flexibility index (Phi) is 3.18. The summed E-state index contributed by atoms with van der Waals surface area (Å²) in [5, 5.41) is 0. The van der Waals surface area contributed by atoms with Gasteiger partial charge in [0, 0.05) is 12.4 Å². The molecule has 3 nitrogen and oxygen atoms in total. The maximum absolute atomic E-state index is 12.3. The molecule has 0 atom stereocenters. The van der Waals surface area contributed by atoms with Crippen molar-refractivity contribution in [3.05, 3.63) is 60.5 Å². The summed E-state index contributed by atoms with van der Waals surface area (Å²) in [6.45, 7) is 0. The number of imidazole rings is 1. The minimum Gasteiger partial charge on any atom is -0.276 e. The highest BCUT2D eigenvalue weighted by Crippen LogP contribution is 2.29. The number of alkyl halides is 3. The summed E-state index contributed by atoms with van der Waals surface area (Å²) in [6.07, 6.45) is 1.10. The topological polar surface area (TPSA) is 34.9 Å². The van der Waals surface area contributed by atoms with E-state index >= 15 is 0 Å². The van der Waals surface area contributed by atoms with Crippen molar-refractivity contribution < 1.29 is 18.0 Å². The van der Waals surface area contributed by atoms with Crippen LogP contribution in [0.1, 0.15) is 15.9 Å². The predicted molar refractivity (Wildman–Crippen MR) is 57.7 cm³/mol. The van der Waals surface area contributed by atoms with Crippen LogP contribution < -0.4 is 0 Å². The van der Waals surface area contributed by atoms with Gasteiger partial charge in [-0.3, -0.25) is 9.36 Å². The standard InChI is InChI=1S/C12H8F3N2O/c13-12(14,15)10-3-1-9(2-4-10)7-11(18)17-6-5-16-8-17/h1-8H. The second-order valence-corrected chi connectivity index (χ2v) is 3.57. The van der Waals surface area contributed by atoms with Crippen LogP contribution in [0.2, 0.25) is 0 Å². The fourth-order valence-corrected chi connectivity index (χ4v) is 1.37. The number of hydrogen-bond acceptors (Lipinski definition) is 2. The summed E-state index contributed by atoms with van der Waals surface area (Å²) in [5.74, 6) is -0.368. The van der Waals surface area contributed by atoms with E-state index in [1.54, 1.807) is 0 Å². The van der Waals surface area contributed by atoms with E-state index in [0.717, 1.165) is 12.1 Å². The number of carbonyl (C=O) groups is 1. The lowest BCUT2D eigenvalue weighted by atomic mass is 10.1. The molecule has 1 aromatic carbocycles. The van der Waals surface area contributed by atoms with E-state index in [0.29, 0.717) is 5.56 Å². The third-order valence-electron chi connectivity index (χ3n) is 2.29. The van der Waals surface area contributed by atoms with Gasteiger partial charge in [0.2, 0.25) is 5.91 Å². The Labute approximate surface area is 101 Å². The van der Waals surface area contributed by atoms with Crippen molar-refractivity contribution in [2.45, 2.75) is 6.18 Å². The Morgan fingerprint density at radius 2 is 1.89 bits per heavy atom. The van der Waals surface area contributed by atoms with Crippen LogP contribution in [0.3, 0.4) is 0 Å². The number of rotatable bonds is 2. The summed E-state index contributed by atoms with van der Waals surface area (Å²) in [4.78, 5) is 15.3. The molecule has 6 heteroatoms. The molecule has 2 aromatic rings. The van der Waals surface area contributed by atoms with E-state index in [1.807, 2.05) is 0 Å². The summed E-state index contributed by atoms with van der Waals surface area (Å²) in [6, 6.07) is 4.37. The molecule has 2 rings (SSSR count). The molecule has 0 spiro atoms. The molecule has 93 valence electrons. The first-order valence-electron chi connectivity index (χ1n) is 5.01. The molecule has 1 aromatic heterocycles. The molecule has 0 saturated carbocycles. The van der Waals surface area contributed by atoms with Crippen LogP contribution in [-0.2, 0) is 6.18 Å². The van der Waals surface area contributed by atoms with E-state index < -0.39 is 11.7 Å². The summed E-state index contributed by atoms with van der Waals surface area (Å²) in [5.41, 5.74) is -0.337. The van der Waals surface area contributed by atoms with Gasteiger partial charge in [0.1, 0.15) is 6.33 Å². The lowest BCUT2D eigenvalue weighted by Gasteiger charge is -2.07. The predicted octanol–water partition coefficient (Wildman–Crippen LogP) is 2.79. The fraction of sp³-hybridized carbons (Fsp3) is 0.0833. The molecular weight excluding hydrogens is 245 g/mol. The van der Waals surface area contributed by atoms with Crippen LogP contribution in [-0.4, -0.2) is 15.5 Å². The lowest BCUT2D eigenvalue weighted by Crippen LogP contribution is -2.10. The van der Waals surface area contributed by atoms with E-state index in [4.69, 9.17) is 0 Å². The van der Waals surface area contributed by atoms with Crippen LogP contribution in [0.5, 0.6) is 0 Å². The lowest BCUT2D eigenvalue weighted by molar-refractivity contribution is -0.137. The highest BCUT2D eigenvalue weighted by Gasteiger charge is 2.29. The highest BCUT2D eigenvalue weighted by atomic mass is 19.4. The van der Waals surface area contributed by atoms with Crippen molar-refractivity contribution >= 4 is 5.91 Å². The SMILES string of the molecule is O=C([CH]c1ccc(C(F)(F)F)cc1)n1ccnc1. The minimum absolute atomic E-state index is 0.368. The molecule has 0 amide bonds. The van der Waals surface area contributed by atoms with Crippen LogP contribution in [0.15, 0.2) is 43.0 Å². The molecule has 0 N–H and O–H groups in total. The van der Waals surface area contributed by atoms with Crippen molar-refractivity contribution in [2.75, 3.05) is 0 Å². The van der Waals surface area contributed by atoms with Crippen molar-refractivity contribution in [2.24, 2.45) is 0 Å². The Hall–Kier alpha value is -2.11. The number of aromatic nitrogens is 2. The zero-order chi connectivity index (χ0) is 13.2. The van der Waals surface area contributed by atoms with Gasteiger partial charge in [-0.05, 0) is 17.7 Å². The Morgan fingerprint density at radius 3 is 2.39 bits per heavy atom. The summed E-state index contributed by atoms with van der Waals surface area (Å²) in [7, 11) is 0. The minimum atomic E-state index is -4.37. The van der Waals surface area contributed by atoms with Gasteiger partial charge in [0.25, 0.3) is 0 Å². The number of nitrogens with zero attached hydrogens (tertiary/aromatic N) is 2. The van der Waals surface area contributed by atoms with E-state index in [9.17, 15) is 18.0 Å². The van der Waals surface area contributed by atoms with Crippen molar-refractivity contribution in [3.8, 4) is 0 Å². The second kappa shape index (κ2) is 4.64. The van der Waals surface area contributed by atoms with Gasteiger partial charge in [-0.2, -0.15) is 13.2 Å². The van der Waals surface area contributed by atoms with Crippen LogP contribution in [0.4, 0.5) is 13.2 Å². The number of hydrogen-bond donors (Lipinski definition) is 0. The molecule has 0 aliphatic heterocycles. The maximum Gasteiger partial charge on any atom is 0.416 e. The molecule has 0 unspecified atom stereocenters. The fourth-order valence-electron chi connectivity index (χ4n) is 1.37. The van der Waals surface area contributed by atoms with E-state index in [2.05, 4.69) is 4.98 Å². The van der Waals surface area contributed by atoms with Gasteiger partial charge in [-0.1, -0.05) is 12.1 Å². The molecule has 0 saturated heterocycles. The molecular formula is C12H8F3N2O. The first kappa shape index (κ1) is 12.3. The van der Waals surface area contributed by atoms with E-state index in [-0.39, 0.29) is 5.91 Å². The molecule has 1 heterocycles. The quantitative estimate of drug-likeness (QED) is 0.824. The molecule has 1 radical (unpaired) electrons. The second-order valence-electron chi connectivity index (χ2n) is 3.57. The molecule has 0 fully saturated rings. The highest BCUT2D eigenvalue weighted by molar-refractivity contribution is 5.90. The monoisotopic (exact) mass is 253 g/mol. The van der Waals surface area contributed by atoms with Gasteiger partial charge >= 0.3 is 6.18 Å². The number of halogens is 3. The maximum atomic E-state index is 12.3. The normalized spacial score (nSPS) is 11.5. The van der Waals surface area contributed by atoms with Gasteiger partial charge in [0.05, 0.1) is 12.0 Å². The average molecular weight is 253 g/mol. The summed E-state index contributed by atoms with van der Waals surface area (Å²) >= 11 is 0. The Bertz CT molecular complexity index is 529. The molecule has 18 heavy (non-hydrogen) atoms. The first-order chi connectivity index (χ1) is 8.47. The van der Waals surface area contributed by atoms with E-state index in [1.165, 1.54) is 41.8 Å². The van der Waals surface area contributed by atoms with Crippen LogP contribution in [0, 0.1) is 6.42 Å². The zero-order valence-corrected chi connectivity index (χ0v) is 9.06. The van der Waals surface area contributed by atoms with Gasteiger partial charge in [-0.25, -0.2) is 4.98 Å². The summed E-state index contributed by atoms with van der Waals surface area (Å²) < 4.78 is 38.2. The molecule has 0 aliphatic carbocycles. The van der Waals surface area contributed by atoms with Crippen molar-refractivity contribution in [3.63, 3.8) is 0 Å². The van der Waals surface area contributed by atoms with Gasteiger partial charge in [-0.15, -0.1) is 0 Å². The number of benzene rings is 1. The third kappa shape index (κ3) is 2.77. The van der Waals surface area contributed by atoms with Crippen LogP contribution >= 0.6 is 0 Å². The zero-order valence-electron chi connectivity index (χ0n) is 9.06. The van der Waals surface area contributed by atoms with Gasteiger partial charge < -0.3 is 0 Å². The third-order valence-corrected chi connectivity index (χ3v) is 2.29. The Morgan fingerprint density at radius 1 is 1.22 bits per heavy atom. The number of carbonyl (C=O) groups excluding carboxylic acids is 1. The van der Waals surface area contributed by atoms with Crippen LogP contribution in [0.25, 0.3) is 0 Å². The smallest absolute Gasteiger partial charge is 0.276 e. The largest absolute Gasteiger partial charge is 0.416 e. The van der Waals surface area contributed by atoms with Crippen molar-refractivity contribution in [1.82, 2.24) is 9.55 Å². The first-order valence-corrected chi connectivity index (χ1v) is 5.01.